The number of benzene rings is 1. The summed E-state index contributed by atoms with van der Waals surface area (Å²) in [6, 6.07) is 11.0. The van der Waals surface area contributed by atoms with E-state index in [1.807, 2.05) is 6.07 Å². The van der Waals surface area contributed by atoms with Gasteiger partial charge in [0.05, 0.1) is 6.61 Å². The van der Waals surface area contributed by atoms with Crippen LogP contribution >= 0.6 is 24.0 Å². The molecule has 0 radical (unpaired) electrons. The number of guanidine groups is 1. The minimum atomic E-state index is 0. The molecule has 5 heteroatoms. The minimum Gasteiger partial charge on any atom is -0.381 e. The maximum atomic E-state index is 5.69. The van der Waals surface area contributed by atoms with Crippen molar-refractivity contribution in [2.45, 2.75) is 38.6 Å². The van der Waals surface area contributed by atoms with Crippen LogP contribution in [-0.2, 0) is 11.2 Å². The van der Waals surface area contributed by atoms with E-state index in [0.29, 0.717) is 6.04 Å². The van der Waals surface area contributed by atoms with Gasteiger partial charge in [-0.25, -0.2) is 0 Å². The first-order valence-corrected chi connectivity index (χ1v) is 8.70. The van der Waals surface area contributed by atoms with Crippen LogP contribution in [0.3, 0.4) is 0 Å². The maximum Gasteiger partial charge on any atom is 0.191 e. The van der Waals surface area contributed by atoms with Crippen LogP contribution in [0.4, 0.5) is 0 Å². The molecule has 4 nitrogen and oxygen atoms in total. The smallest absolute Gasteiger partial charge is 0.191 e. The Balaban J connectivity index is 0.00000288. The second kappa shape index (κ2) is 13.2. The monoisotopic (exact) mass is 443 g/mol. The minimum absolute atomic E-state index is 0. The lowest BCUT2D eigenvalue weighted by molar-refractivity contribution is 0.136. The molecule has 0 aliphatic heterocycles. The molecule has 2 N–H and O–H groups in total. The van der Waals surface area contributed by atoms with Gasteiger partial charge in [-0.1, -0.05) is 42.5 Å². The van der Waals surface area contributed by atoms with E-state index in [9.17, 15) is 0 Å². The van der Waals surface area contributed by atoms with Gasteiger partial charge >= 0.3 is 0 Å². The third-order valence-corrected chi connectivity index (χ3v) is 3.79. The fourth-order valence-electron chi connectivity index (χ4n) is 2.54. The zero-order valence-electron chi connectivity index (χ0n) is 14.5. The predicted octanol–water partition coefficient (Wildman–Crippen LogP) is 3.53. The van der Waals surface area contributed by atoms with E-state index in [2.05, 4.69) is 59.0 Å². The lowest BCUT2D eigenvalue weighted by Gasteiger charge is -2.16. The Morgan fingerprint density at radius 3 is 2.62 bits per heavy atom. The average Bonchev–Trinajstić information content (AvgIpc) is 3.08. The van der Waals surface area contributed by atoms with Crippen LogP contribution in [0.2, 0.25) is 0 Å². The average molecular weight is 443 g/mol. The van der Waals surface area contributed by atoms with Crippen LogP contribution in [-0.4, -0.2) is 38.3 Å². The molecule has 0 bridgehead atoms. The quantitative estimate of drug-likeness (QED) is 0.202. The fraction of sp³-hybridized carbons (Fsp3) is 0.526. The highest BCUT2D eigenvalue weighted by molar-refractivity contribution is 14.0. The summed E-state index contributed by atoms with van der Waals surface area (Å²) in [5, 5.41) is 6.78. The predicted molar refractivity (Wildman–Crippen MR) is 112 cm³/mol. The maximum absolute atomic E-state index is 5.69. The van der Waals surface area contributed by atoms with E-state index < -0.39 is 0 Å². The molecule has 0 amide bonds. The number of halogens is 1. The highest BCUT2D eigenvalue weighted by Gasteiger charge is 2.11. The van der Waals surface area contributed by atoms with E-state index in [4.69, 9.17) is 4.74 Å². The Morgan fingerprint density at radius 1 is 1.17 bits per heavy atom. The van der Waals surface area contributed by atoms with Gasteiger partial charge in [0.25, 0.3) is 0 Å². The summed E-state index contributed by atoms with van der Waals surface area (Å²) >= 11 is 0. The van der Waals surface area contributed by atoms with Crippen molar-refractivity contribution in [3.8, 4) is 0 Å². The van der Waals surface area contributed by atoms with Crippen molar-refractivity contribution in [2.24, 2.45) is 4.99 Å². The second-order valence-corrected chi connectivity index (χ2v) is 5.75. The first-order valence-electron chi connectivity index (χ1n) is 8.70. The van der Waals surface area contributed by atoms with Crippen molar-refractivity contribution in [3.05, 3.63) is 48.0 Å². The van der Waals surface area contributed by atoms with Crippen LogP contribution in [0.5, 0.6) is 0 Å². The lowest BCUT2D eigenvalue weighted by Crippen LogP contribution is -2.42. The number of aliphatic imine (C=N–C) groups is 1. The van der Waals surface area contributed by atoms with E-state index in [1.165, 1.54) is 5.56 Å². The molecule has 0 saturated carbocycles. The molecule has 1 aromatic rings. The summed E-state index contributed by atoms with van der Waals surface area (Å²) in [6.45, 7) is 5.32. The van der Waals surface area contributed by atoms with E-state index in [-0.39, 0.29) is 24.0 Å². The highest BCUT2D eigenvalue weighted by Crippen LogP contribution is 2.08. The van der Waals surface area contributed by atoms with Crippen molar-refractivity contribution in [1.29, 1.82) is 0 Å². The summed E-state index contributed by atoms with van der Waals surface area (Å²) < 4.78 is 5.69. The molecule has 0 heterocycles. The zero-order valence-corrected chi connectivity index (χ0v) is 16.9. The topological polar surface area (TPSA) is 45.7 Å². The van der Waals surface area contributed by atoms with Gasteiger partial charge in [-0.05, 0) is 38.2 Å². The number of nitrogens with zero attached hydrogens (tertiary/aromatic N) is 1. The molecule has 0 atom stereocenters. The van der Waals surface area contributed by atoms with Crippen LogP contribution in [0.25, 0.3) is 0 Å². The van der Waals surface area contributed by atoms with Crippen LogP contribution in [0, 0.1) is 0 Å². The Hall–Kier alpha value is -1.08. The summed E-state index contributed by atoms with van der Waals surface area (Å²) in [5.74, 6) is 0.922. The van der Waals surface area contributed by atoms with Gasteiger partial charge in [-0.2, -0.15) is 0 Å². The fourth-order valence-corrected chi connectivity index (χ4v) is 2.54. The van der Waals surface area contributed by atoms with E-state index in [1.54, 1.807) is 0 Å². The standard InChI is InChI=1S/C19H29N3O.HI/c1-2-20-19(22-18-11-6-7-12-18)21-14-8-15-23-16-13-17-9-4-3-5-10-17;/h3-7,9-10,18H,2,8,11-16H2,1H3,(H2,20,21,22);1H. The second-order valence-electron chi connectivity index (χ2n) is 5.75. The molecule has 24 heavy (non-hydrogen) atoms. The van der Waals surface area contributed by atoms with Crippen molar-refractivity contribution < 1.29 is 4.74 Å². The molecule has 1 aliphatic rings. The summed E-state index contributed by atoms with van der Waals surface area (Å²) in [6.07, 6.45) is 8.56. The molecule has 1 aliphatic carbocycles. The van der Waals surface area contributed by atoms with Gasteiger partial charge < -0.3 is 15.4 Å². The summed E-state index contributed by atoms with van der Waals surface area (Å²) in [5.41, 5.74) is 1.33. The molecule has 0 saturated heterocycles. The molecule has 0 fully saturated rings. The molecule has 0 aromatic heterocycles. The molecule has 0 unspecified atom stereocenters. The van der Waals surface area contributed by atoms with Gasteiger partial charge in [-0.3, -0.25) is 4.99 Å². The van der Waals surface area contributed by atoms with Crippen LogP contribution < -0.4 is 10.6 Å². The Kier molecular flexibility index (Phi) is 11.6. The number of nitrogens with one attached hydrogen (secondary N) is 2. The SMILES string of the molecule is CCNC(=NCCCOCCc1ccccc1)NC1CC=CC1.I. The Bertz CT molecular complexity index is 483. The van der Waals surface area contributed by atoms with Crippen LogP contribution in [0.1, 0.15) is 31.7 Å². The first kappa shape index (κ1) is 21.0. The van der Waals surface area contributed by atoms with Crippen molar-refractivity contribution in [1.82, 2.24) is 10.6 Å². The third-order valence-electron chi connectivity index (χ3n) is 3.79. The first-order chi connectivity index (χ1) is 11.4. The molecule has 0 spiro atoms. The largest absolute Gasteiger partial charge is 0.381 e. The molecular formula is C19H30IN3O. The Labute approximate surface area is 163 Å². The number of hydrogen-bond donors (Lipinski definition) is 2. The van der Waals surface area contributed by atoms with Gasteiger partial charge in [0.1, 0.15) is 0 Å². The van der Waals surface area contributed by atoms with Crippen molar-refractivity contribution >= 4 is 29.9 Å². The Morgan fingerprint density at radius 2 is 1.92 bits per heavy atom. The zero-order chi connectivity index (χ0) is 16.2. The molecular weight excluding hydrogens is 413 g/mol. The van der Waals surface area contributed by atoms with Gasteiger partial charge in [0, 0.05) is 25.7 Å². The molecule has 1 aromatic carbocycles. The number of hydrogen-bond acceptors (Lipinski definition) is 2. The highest BCUT2D eigenvalue weighted by atomic mass is 127. The third kappa shape index (κ3) is 8.68. The van der Waals surface area contributed by atoms with E-state index in [0.717, 1.165) is 57.9 Å². The molecule has 2 rings (SSSR count). The number of rotatable bonds is 9. The number of ether oxygens (including phenoxy) is 1. The van der Waals surface area contributed by atoms with Crippen molar-refractivity contribution in [3.63, 3.8) is 0 Å². The molecule has 134 valence electrons. The lowest BCUT2D eigenvalue weighted by atomic mass is 10.2. The van der Waals surface area contributed by atoms with Crippen LogP contribution in [0.15, 0.2) is 47.5 Å². The van der Waals surface area contributed by atoms with Crippen molar-refractivity contribution in [2.75, 3.05) is 26.3 Å². The van der Waals surface area contributed by atoms with Gasteiger partial charge in [0.15, 0.2) is 5.96 Å². The normalized spacial score (nSPS) is 14.5. The summed E-state index contributed by atoms with van der Waals surface area (Å²) in [7, 11) is 0. The van der Waals surface area contributed by atoms with Gasteiger partial charge in [0.2, 0.25) is 0 Å². The van der Waals surface area contributed by atoms with E-state index >= 15 is 0 Å². The summed E-state index contributed by atoms with van der Waals surface area (Å²) in [4.78, 5) is 4.62. The van der Waals surface area contributed by atoms with Gasteiger partial charge in [-0.15, -0.1) is 24.0 Å².